The molecule has 3 nitrogen and oxygen atoms in total. The molecule has 100 valence electrons. The molecule has 18 heavy (non-hydrogen) atoms. The molecule has 1 aromatic rings. The number of anilines is 1. The van der Waals surface area contributed by atoms with Gasteiger partial charge in [0.25, 0.3) is 0 Å². The molecule has 0 radical (unpaired) electrons. The molecule has 1 aromatic carbocycles. The average molecular weight is 253 g/mol. The molecule has 4 heteroatoms. The summed E-state index contributed by atoms with van der Waals surface area (Å²) in [5.41, 5.74) is 2.09. The van der Waals surface area contributed by atoms with E-state index in [0.717, 1.165) is 31.6 Å². The van der Waals surface area contributed by atoms with Crippen LogP contribution in [0.3, 0.4) is 0 Å². The van der Waals surface area contributed by atoms with Gasteiger partial charge in [0.05, 0.1) is 12.2 Å². The maximum atomic E-state index is 13.6. The summed E-state index contributed by atoms with van der Waals surface area (Å²) in [5, 5.41) is 19.3. The number of aryl methyl sites for hydroxylation is 1. The van der Waals surface area contributed by atoms with Crippen LogP contribution in [0.5, 0.6) is 0 Å². The standard InChI is InChI=1S/C14H20FNO2/c1-9-7-14(12(10(2)17)8-13(9)15)16-5-3-11(18)4-6-16/h7-8,10-11,17-18H,3-6H2,1-2H3/t10-/m0/s1. The molecule has 1 aliphatic heterocycles. The molecule has 0 aromatic heterocycles. The molecule has 0 amide bonds. The zero-order chi connectivity index (χ0) is 13.3. The minimum atomic E-state index is -0.693. The van der Waals surface area contributed by atoms with E-state index in [0.29, 0.717) is 11.1 Å². The van der Waals surface area contributed by atoms with Gasteiger partial charge < -0.3 is 15.1 Å². The van der Waals surface area contributed by atoms with Crippen molar-refractivity contribution >= 4 is 5.69 Å². The van der Waals surface area contributed by atoms with E-state index in [4.69, 9.17) is 0 Å². The normalized spacial score (nSPS) is 19.1. The zero-order valence-corrected chi connectivity index (χ0v) is 10.9. The van der Waals surface area contributed by atoms with Crippen molar-refractivity contribution in [2.45, 2.75) is 38.9 Å². The number of halogens is 1. The van der Waals surface area contributed by atoms with Crippen molar-refractivity contribution in [1.29, 1.82) is 0 Å². The van der Waals surface area contributed by atoms with Crippen molar-refractivity contribution in [2.75, 3.05) is 18.0 Å². The summed E-state index contributed by atoms with van der Waals surface area (Å²) < 4.78 is 13.6. The third-order valence-corrected chi connectivity index (χ3v) is 3.56. The van der Waals surface area contributed by atoms with Crippen molar-refractivity contribution in [1.82, 2.24) is 0 Å². The number of benzene rings is 1. The van der Waals surface area contributed by atoms with Gasteiger partial charge in [-0.2, -0.15) is 0 Å². The number of aliphatic hydroxyl groups excluding tert-OH is 2. The van der Waals surface area contributed by atoms with Gasteiger partial charge in [-0.3, -0.25) is 0 Å². The summed E-state index contributed by atoms with van der Waals surface area (Å²) >= 11 is 0. The van der Waals surface area contributed by atoms with Gasteiger partial charge in [-0.05, 0) is 44.4 Å². The lowest BCUT2D eigenvalue weighted by Gasteiger charge is -2.33. The molecule has 0 saturated carbocycles. The summed E-state index contributed by atoms with van der Waals surface area (Å²) in [6, 6.07) is 3.20. The highest BCUT2D eigenvalue weighted by Gasteiger charge is 2.21. The molecular formula is C14H20FNO2. The Kier molecular flexibility index (Phi) is 3.88. The van der Waals surface area contributed by atoms with Crippen LogP contribution in [0.4, 0.5) is 10.1 Å². The Labute approximate surface area is 107 Å². The van der Waals surface area contributed by atoms with E-state index in [1.54, 1.807) is 19.9 Å². The van der Waals surface area contributed by atoms with Crippen molar-refractivity contribution in [2.24, 2.45) is 0 Å². The zero-order valence-electron chi connectivity index (χ0n) is 10.9. The maximum Gasteiger partial charge on any atom is 0.126 e. The first kappa shape index (κ1) is 13.3. The second kappa shape index (κ2) is 5.24. The summed E-state index contributed by atoms with van der Waals surface area (Å²) in [6.45, 7) is 4.85. The molecule has 1 aliphatic rings. The van der Waals surface area contributed by atoms with Crippen LogP contribution >= 0.6 is 0 Å². The van der Waals surface area contributed by atoms with E-state index >= 15 is 0 Å². The molecule has 1 saturated heterocycles. The van der Waals surface area contributed by atoms with Gasteiger partial charge in [0, 0.05) is 24.3 Å². The first-order chi connectivity index (χ1) is 8.49. The van der Waals surface area contributed by atoms with Crippen molar-refractivity contribution in [3.05, 3.63) is 29.1 Å². The van der Waals surface area contributed by atoms with Gasteiger partial charge in [-0.15, -0.1) is 0 Å². The van der Waals surface area contributed by atoms with Crippen LogP contribution < -0.4 is 4.90 Å². The molecule has 0 bridgehead atoms. The third kappa shape index (κ3) is 2.65. The SMILES string of the molecule is Cc1cc(N2CCC(O)CC2)c([C@H](C)O)cc1F. The van der Waals surface area contributed by atoms with E-state index in [1.165, 1.54) is 6.07 Å². The fraction of sp³-hybridized carbons (Fsp3) is 0.571. The van der Waals surface area contributed by atoms with E-state index in [2.05, 4.69) is 4.90 Å². The molecule has 0 aliphatic carbocycles. The molecular weight excluding hydrogens is 233 g/mol. The molecule has 1 atom stereocenters. The molecule has 1 heterocycles. The van der Waals surface area contributed by atoms with Crippen molar-refractivity contribution in [3.8, 4) is 0 Å². The lowest BCUT2D eigenvalue weighted by molar-refractivity contribution is 0.145. The average Bonchev–Trinajstić information content (AvgIpc) is 2.33. The number of hydrogen-bond acceptors (Lipinski definition) is 3. The Hall–Kier alpha value is -1.13. The van der Waals surface area contributed by atoms with Crippen LogP contribution in [0.1, 0.15) is 37.0 Å². The number of aliphatic hydroxyl groups is 2. The van der Waals surface area contributed by atoms with Crippen LogP contribution in [0.15, 0.2) is 12.1 Å². The largest absolute Gasteiger partial charge is 0.393 e. The fourth-order valence-electron chi connectivity index (χ4n) is 2.40. The molecule has 2 rings (SSSR count). The quantitative estimate of drug-likeness (QED) is 0.848. The lowest BCUT2D eigenvalue weighted by Crippen LogP contribution is -2.36. The monoisotopic (exact) mass is 253 g/mol. The predicted molar refractivity (Wildman–Crippen MR) is 69.2 cm³/mol. The van der Waals surface area contributed by atoms with Gasteiger partial charge in [0.1, 0.15) is 5.82 Å². The number of rotatable bonds is 2. The summed E-state index contributed by atoms with van der Waals surface area (Å²) in [4.78, 5) is 2.11. The summed E-state index contributed by atoms with van der Waals surface area (Å²) in [5.74, 6) is -0.285. The van der Waals surface area contributed by atoms with Crippen LogP contribution in [0.25, 0.3) is 0 Å². The minimum absolute atomic E-state index is 0.238. The second-order valence-electron chi connectivity index (χ2n) is 5.05. The van der Waals surface area contributed by atoms with Crippen molar-refractivity contribution < 1.29 is 14.6 Å². The van der Waals surface area contributed by atoms with Gasteiger partial charge >= 0.3 is 0 Å². The summed E-state index contributed by atoms with van der Waals surface area (Å²) in [6.07, 6.45) is 0.505. The third-order valence-electron chi connectivity index (χ3n) is 3.56. The molecule has 0 unspecified atom stereocenters. The van der Waals surface area contributed by atoms with Crippen LogP contribution in [0, 0.1) is 12.7 Å². The Balaban J connectivity index is 2.33. The molecule has 0 spiro atoms. The maximum absolute atomic E-state index is 13.6. The highest BCUT2D eigenvalue weighted by Crippen LogP contribution is 2.31. The Morgan fingerprint density at radius 1 is 1.33 bits per heavy atom. The number of nitrogens with zero attached hydrogens (tertiary/aromatic N) is 1. The van der Waals surface area contributed by atoms with Gasteiger partial charge in [0.2, 0.25) is 0 Å². The van der Waals surface area contributed by atoms with Gasteiger partial charge in [-0.1, -0.05) is 0 Å². The highest BCUT2D eigenvalue weighted by molar-refractivity contribution is 5.57. The topological polar surface area (TPSA) is 43.7 Å². The van der Waals surface area contributed by atoms with E-state index < -0.39 is 6.10 Å². The smallest absolute Gasteiger partial charge is 0.126 e. The second-order valence-corrected chi connectivity index (χ2v) is 5.05. The Bertz CT molecular complexity index is 426. The molecule has 2 N–H and O–H groups in total. The first-order valence-electron chi connectivity index (χ1n) is 6.40. The predicted octanol–water partition coefficient (Wildman–Crippen LogP) is 2.15. The first-order valence-corrected chi connectivity index (χ1v) is 6.40. The molecule has 1 fully saturated rings. The summed E-state index contributed by atoms with van der Waals surface area (Å²) in [7, 11) is 0. The highest BCUT2D eigenvalue weighted by atomic mass is 19.1. The Morgan fingerprint density at radius 2 is 1.94 bits per heavy atom. The Morgan fingerprint density at radius 3 is 2.50 bits per heavy atom. The number of piperidine rings is 1. The number of hydrogen-bond donors (Lipinski definition) is 2. The van der Waals surface area contributed by atoms with Crippen LogP contribution in [0.2, 0.25) is 0 Å². The van der Waals surface area contributed by atoms with Crippen LogP contribution in [-0.2, 0) is 0 Å². The fourth-order valence-corrected chi connectivity index (χ4v) is 2.40. The van der Waals surface area contributed by atoms with E-state index in [-0.39, 0.29) is 11.9 Å². The van der Waals surface area contributed by atoms with Crippen LogP contribution in [-0.4, -0.2) is 29.4 Å². The van der Waals surface area contributed by atoms with E-state index in [1.807, 2.05) is 0 Å². The minimum Gasteiger partial charge on any atom is -0.393 e. The van der Waals surface area contributed by atoms with Gasteiger partial charge in [0.15, 0.2) is 0 Å². The lowest BCUT2D eigenvalue weighted by atomic mass is 10.0. The van der Waals surface area contributed by atoms with Crippen molar-refractivity contribution in [3.63, 3.8) is 0 Å². The van der Waals surface area contributed by atoms with Gasteiger partial charge in [-0.25, -0.2) is 4.39 Å². The van der Waals surface area contributed by atoms with E-state index in [9.17, 15) is 14.6 Å².